The van der Waals surface area contributed by atoms with E-state index in [1.165, 1.54) is 23.2 Å². The van der Waals surface area contributed by atoms with E-state index in [1.54, 1.807) is 31.4 Å². The summed E-state index contributed by atoms with van der Waals surface area (Å²) in [5.74, 6) is 0.742. The van der Waals surface area contributed by atoms with E-state index in [9.17, 15) is 9.59 Å². The van der Waals surface area contributed by atoms with Crippen molar-refractivity contribution in [1.82, 2.24) is 24.4 Å². The Hall–Kier alpha value is -4.77. The molecule has 200 valence electrons. The van der Waals surface area contributed by atoms with Crippen LogP contribution in [0.1, 0.15) is 5.56 Å². The summed E-state index contributed by atoms with van der Waals surface area (Å²) in [5.41, 5.74) is 4.34. The third kappa shape index (κ3) is 5.30. The van der Waals surface area contributed by atoms with Gasteiger partial charge in [-0.05, 0) is 49.9 Å². The number of aromatic nitrogens is 4. The summed E-state index contributed by atoms with van der Waals surface area (Å²) in [7, 11) is 3.77. The van der Waals surface area contributed by atoms with Crippen LogP contribution in [0.2, 0.25) is 0 Å². The van der Waals surface area contributed by atoms with E-state index >= 15 is 0 Å². The van der Waals surface area contributed by atoms with Gasteiger partial charge in [0.1, 0.15) is 17.6 Å². The molecule has 0 atom stereocenters. The molecule has 1 aliphatic heterocycles. The van der Waals surface area contributed by atoms with Crippen LogP contribution in [-0.4, -0.2) is 70.7 Å². The quantitative estimate of drug-likeness (QED) is 0.350. The van der Waals surface area contributed by atoms with Gasteiger partial charge in [0.2, 0.25) is 5.91 Å². The van der Waals surface area contributed by atoms with Crippen LogP contribution in [0.3, 0.4) is 0 Å². The molecule has 0 radical (unpaired) electrons. The highest BCUT2D eigenvalue weighted by Gasteiger charge is 2.20. The predicted octanol–water partition coefficient (Wildman–Crippen LogP) is 3.11. The Morgan fingerprint density at radius 1 is 1.10 bits per heavy atom. The molecule has 11 heteroatoms. The molecule has 1 amide bonds. The van der Waals surface area contributed by atoms with Gasteiger partial charge in [-0.1, -0.05) is 12.6 Å². The molecular weight excluding hydrogens is 496 g/mol. The van der Waals surface area contributed by atoms with Crippen molar-refractivity contribution in [3.05, 3.63) is 77.5 Å². The van der Waals surface area contributed by atoms with Gasteiger partial charge >= 0.3 is 0 Å². The average Bonchev–Trinajstić information content (AvgIpc) is 2.94. The number of benzene rings is 2. The number of nitrogens with zero attached hydrogens (tertiary/aromatic N) is 6. The molecule has 4 aromatic rings. The highest BCUT2D eigenvalue weighted by Crippen LogP contribution is 2.36. The van der Waals surface area contributed by atoms with Gasteiger partial charge in [-0.2, -0.15) is 0 Å². The van der Waals surface area contributed by atoms with Gasteiger partial charge in [0.25, 0.3) is 5.56 Å². The maximum Gasteiger partial charge on any atom is 0.275 e. The minimum atomic E-state index is -0.371. The van der Waals surface area contributed by atoms with Crippen molar-refractivity contribution >= 4 is 40.0 Å². The van der Waals surface area contributed by atoms with Gasteiger partial charge in [-0.25, -0.2) is 15.0 Å². The third-order valence-corrected chi connectivity index (χ3v) is 6.71. The number of fused-ring (bicyclic) bond motifs is 1. The maximum atomic E-state index is 12.9. The number of carbonyl (C=O) groups excluding carboxylic acids is 1. The second-order valence-corrected chi connectivity index (χ2v) is 9.32. The van der Waals surface area contributed by atoms with Crippen LogP contribution in [0, 0.1) is 6.92 Å². The summed E-state index contributed by atoms with van der Waals surface area (Å²) in [6.07, 6.45) is 3.79. The van der Waals surface area contributed by atoms with Crippen LogP contribution < -0.4 is 25.8 Å². The van der Waals surface area contributed by atoms with E-state index in [4.69, 9.17) is 4.74 Å². The zero-order valence-corrected chi connectivity index (χ0v) is 22.1. The van der Waals surface area contributed by atoms with Crippen molar-refractivity contribution < 1.29 is 9.53 Å². The molecule has 1 aliphatic rings. The molecule has 0 saturated carbocycles. The number of aryl methyl sites for hydroxylation is 1. The molecule has 1 fully saturated rings. The minimum absolute atomic E-state index is 0.317. The number of amides is 1. The minimum Gasteiger partial charge on any atom is -0.494 e. The number of ether oxygens (including phenoxy) is 1. The Morgan fingerprint density at radius 3 is 2.64 bits per heavy atom. The Balaban J connectivity index is 1.53. The van der Waals surface area contributed by atoms with Crippen LogP contribution in [-0.2, 0) is 4.79 Å². The fourth-order valence-electron chi connectivity index (χ4n) is 4.65. The Kier molecular flexibility index (Phi) is 7.24. The lowest BCUT2D eigenvalue weighted by Gasteiger charge is -2.35. The molecular formula is C28H30N8O3. The molecule has 2 aromatic carbocycles. The summed E-state index contributed by atoms with van der Waals surface area (Å²) in [6.45, 7) is 9.45. The van der Waals surface area contributed by atoms with Crippen LogP contribution in [0.4, 0.5) is 22.9 Å². The van der Waals surface area contributed by atoms with Gasteiger partial charge in [0.05, 0.1) is 24.7 Å². The first-order valence-corrected chi connectivity index (χ1v) is 12.5. The van der Waals surface area contributed by atoms with Gasteiger partial charge < -0.3 is 25.2 Å². The number of rotatable bonds is 7. The SMILES string of the molecule is C=CC(=O)Nc1cccc(-n2c(=O)cnc3c(Nc4cc(C)c(N5CCN(C)CC5)cc4OC)ncnc32)c1. The van der Waals surface area contributed by atoms with E-state index in [0.29, 0.717) is 34.1 Å². The Bertz CT molecular complexity index is 1610. The van der Waals surface area contributed by atoms with E-state index in [-0.39, 0.29) is 11.5 Å². The number of piperazine rings is 1. The summed E-state index contributed by atoms with van der Waals surface area (Å²) in [4.78, 5) is 42.6. The van der Waals surface area contributed by atoms with Crippen molar-refractivity contribution in [2.45, 2.75) is 6.92 Å². The lowest BCUT2D eigenvalue weighted by molar-refractivity contribution is -0.111. The van der Waals surface area contributed by atoms with Crippen LogP contribution in [0.25, 0.3) is 16.9 Å². The highest BCUT2D eigenvalue weighted by atomic mass is 16.5. The number of carbonyl (C=O) groups is 1. The van der Waals surface area contributed by atoms with E-state index in [1.807, 2.05) is 12.1 Å². The molecule has 0 aliphatic carbocycles. The van der Waals surface area contributed by atoms with Crippen LogP contribution in [0.5, 0.6) is 5.75 Å². The topological polar surface area (TPSA) is 118 Å². The smallest absolute Gasteiger partial charge is 0.275 e. The summed E-state index contributed by atoms with van der Waals surface area (Å²) >= 11 is 0. The molecule has 11 nitrogen and oxygen atoms in total. The Labute approximate surface area is 225 Å². The van der Waals surface area contributed by atoms with E-state index in [0.717, 1.165) is 43.1 Å². The molecule has 5 rings (SSSR count). The van der Waals surface area contributed by atoms with Gasteiger partial charge in [-0.3, -0.25) is 14.2 Å². The zero-order chi connectivity index (χ0) is 27.5. The number of likely N-dealkylation sites (N-methyl/N-ethyl adjacent to an activating group) is 1. The summed E-state index contributed by atoms with van der Waals surface area (Å²) in [5, 5.41) is 6.05. The number of anilines is 4. The molecule has 39 heavy (non-hydrogen) atoms. The highest BCUT2D eigenvalue weighted by molar-refractivity contribution is 5.99. The van der Waals surface area contributed by atoms with Gasteiger partial charge in [-0.15, -0.1) is 0 Å². The van der Waals surface area contributed by atoms with Crippen molar-refractivity contribution in [3.63, 3.8) is 0 Å². The van der Waals surface area contributed by atoms with Crippen LogP contribution in [0.15, 0.2) is 66.4 Å². The second kappa shape index (κ2) is 10.9. The van der Waals surface area contributed by atoms with Gasteiger partial charge in [0.15, 0.2) is 11.5 Å². The standard InChI is InChI=1S/C28H30N8O3/c1-5-24(37)32-19-7-6-8-20(14-19)36-25(38)16-29-26-27(30-17-31-28(26)36)33-21-13-18(2)22(15-23(21)39-4)35-11-9-34(3)10-12-35/h5-8,13-17H,1,9-12H2,2-4H3,(H,32,37)(H,30,31,33). The molecule has 1 saturated heterocycles. The lowest BCUT2D eigenvalue weighted by atomic mass is 10.1. The van der Waals surface area contributed by atoms with E-state index in [2.05, 4.69) is 55.9 Å². The molecule has 2 N–H and O–H groups in total. The van der Waals surface area contributed by atoms with Crippen molar-refractivity contribution in [2.24, 2.45) is 0 Å². The third-order valence-electron chi connectivity index (χ3n) is 6.71. The first kappa shape index (κ1) is 25.9. The van der Waals surface area contributed by atoms with Crippen molar-refractivity contribution in [3.8, 4) is 11.4 Å². The molecule has 0 spiro atoms. The predicted molar refractivity (Wildman–Crippen MR) is 152 cm³/mol. The van der Waals surface area contributed by atoms with Crippen molar-refractivity contribution in [1.29, 1.82) is 0 Å². The normalized spacial score (nSPS) is 13.8. The number of methoxy groups -OCH3 is 1. The maximum absolute atomic E-state index is 12.9. The molecule has 0 unspecified atom stereocenters. The number of hydrogen-bond acceptors (Lipinski definition) is 9. The first-order valence-electron chi connectivity index (χ1n) is 12.5. The molecule has 2 aromatic heterocycles. The van der Waals surface area contributed by atoms with Crippen LogP contribution >= 0.6 is 0 Å². The lowest BCUT2D eigenvalue weighted by Crippen LogP contribution is -2.44. The monoisotopic (exact) mass is 526 g/mol. The second-order valence-electron chi connectivity index (χ2n) is 9.32. The first-order chi connectivity index (χ1) is 18.9. The number of nitrogens with one attached hydrogen (secondary N) is 2. The summed E-state index contributed by atoms with van der Waals surface area (Å²) in [6, 6.07) is 11.0. The summed E-state index contributed by atoms with van der Waals surface area (Å²) < 4.78 is 7.17. The average molecular weight is 527 g/mol. The zero-order valence-electron chi connectivity index (χ0n) is 22.1. The van der Waals surface area contributed by atoms with Crippen molar-refractivity contribution in [2.75, 3.05) is 55.9 Å². The molecule has 0 bridgehead atoms. The largest absolute Gasteiger partial charge is 0.494 e. The van der Waals surface area contributed by atoms with Gasteiger partial charge in [0, 0.05) is 43.6 Å². The molecule has 3 heterocycles. The Morgan fingerprint density at radius 2 is 1.90 bits per heavy atom. The fourth-order valence-corrected chi connectivity index (χ4v) is 4.65. The fraction of sp³-hybridized carbons (Fsp3) is 0.250. The number of hydrogen-bond donors (Lipinski definition) is 2. The van der Waals surface area contributed by atoms with E-state index < -0.39 is 0 Å².